The van der Waals surface area contributed by atoms with Gasteiger partial charge in [0.1, 0.15) is 0 Å². The summed E-state index contributed by atoms with van der Waals surface area (Å²) in [6.45, 7) is 2.77. The molecule has 1 heterocycles. The van der Waals surface area contributed by atoms with Gasteiger partial charge in [-0.25, -0.2) is 0 Å². The van der Waals surface area contributed by atoms with Gasteiger partial charge in [-0.1, -0.05) is 23.7 Å². The average Bonchev–Trinajstić information content (AvgIpc) is 2.28. The molecule has 2 aromatic rings. The first-order valence-electron chi connectivity index (χ1n) is 5.15. The Hall–Kier alpha value is -1.54. The van der Waals surface area contributed by atoms with Gasteiger partial charge in [0, 0.05) is 29.1 Å². The predicted octanol–water partition coefficient (Wildman–Crippen LogP) is 3.66. The highest BCUT2D eigenvalue weighted by molar-refractivity contribution is 6.30. The Bertz CT molecular complexity index is 466. The van der Waals surface area contributed by atoms with Gasteiger partial charge in [-0.3, -0.25) is 4.98 Å². The molecule has 82 valence electrons. The number of aromatic nitrogens is 1. The first-order valence-corrected chi connectivity index (χ1v) is 5.53. The molecule has 1 aromatic carbocycles. The summed E-state index contributed by atoms with van der Waals surface area (Å²) in [6.07, 6.45) is 1.81. The Morgan fingerprint density at radius 2 is 1.94 bits per heavy atom. The van der Waals surface area contributed by atoms with Crippen LogP contribution in [0, 0.1) is 6.92 Å². The molecule has 1 N–H and O–H groups in total. The van der Waals surface area contributed by atoms with Crippen LogP contribution < -0.4 is 5.32 Å². The Morgan fingerprint density at radius 3 is 2.62 bits per heavy atom. The summed E-state index contributed by atoms with van der Waals surface area (Å²) in [7, 11) is 0. The number of hydrogen-bond donors (Lipinski definition) is 1. The maximum Gasteiger partial charge on any atom is 0.0406 e. The van der Waals surface area contributed by atoms with Crippen LogP contribution in [0.1, 0.15) is 11.3 Å². The van der Waals surface area contributed by atoms with Gasteiger partial charge in [0.05, 0.1) is 0 Å². The van der Waals surface area contributed by atoms with Gasteiger partial charge < -0.3 is 5.32 Å². The van der Waals surface area contributed by atoms with E-state index in [9.17, 15) is 0 Å². The van der Waals surface area contributed by atoms with Gasteiger partial charge in [-0.2, -0.15) is 0 Å². The molecule has 1 aromatic heterocycles. The molecule has 0 bridgehead atoms. The van der Waals surface area contributed by atoms with E-state index in [-0.39, 0.29) is 0 Å². The highest BCUT2D eigenvalue weighted by Crippen LogP contribution is 2.12. The zero-order valence-electron chi connectivity index (χ0n) is 9.07. The molecule has 16 heavy (non-hydrogen) atoms. The number of hydrogen-bond acceptors (Lipinski definition) is 2. The lowest BCUT2D eigenvalue weighted by atomic mass is 10.2. The summed E-state index contributed by atoms with van der Waals surface area (Å²) in [5.41, 5.74) is 3.31. The van der Waals surface area contributed by atoms with E-state index in [1.54, 1.807) is 6.20 Å². The van der Waals surface area contributed by atoms with Gasteiger partial charge in [0.2, 0.25) is 0 Å². The number of nitrogens with one attached hydrogen (secondary N) is 1. The molecule has 2 rings (SSSR count). The molecular weight excluding hydrogens is 220 g/mol. The van der Waals surface area contributed by atoms with E-state index in [0.29, 0.717) is 0 Å². The Labute approximate surface area is 100 Å². The fourth-order valence-corrected chi connectivity index (χ4v) is 1.59. The van der Waals surface area contributed by atoms with Crippen LogP contribution in [0.15, 0.2) is 42.6 Å². The summed E-state index contributed by atoms with van der Waals surface area (Å²) >= 11 is 5.82. The molecule has 0 spiro atoms. The Kier molecular flexibility index (Phi) is 3.42. The van der Waals surface area contributed by atoms with Crippen molar-refractivity contribution in [1.82, 2.24) is 4.98 Å². The third-order valence-corrected chi connectivity index (χ3v) is 2.56. The van der Waals surface area contributed by atoms with E-state index in [1.807, 2.05) is 43.3 Å². The topological polar surface area (TPSA) is 24.9 Å². The number of rotatable bonds is 3. The minimum Gasteiger partial charge on any atom is -0.381 e. The van der Waals surface area contributed by atoms with Crippen LogP contribution in [0.3, 0.4) is 0 Å². The Morgan fingerprint density at radius 1 is 1.19 bits per heavy atom. The summed E-state index contributed by atoms with van der Waals surface area (Å²) in [4.78, 5) is 4.15. The number of aryl methyl sites for hydroxylation is 1. The lowest BCUT2D eigenvalue weighted by Gasteiger charge is -2.06. The van der Waals surface area contributed by atoms with Crippen molar-refractivity contribution in [1.29, 1.82) is 0 Å². The highest BCUT2D eigenvalue weighted by atomic mass is 35.5. The molecule has 0 amide bonds. The minimum atomic E-state index is 0.767. The summed E-state index contributed by atoms with van der Waals surface area (Å²) in [5, 5.41) is 4.11. The van der Waals surface area contributed by atoms with Crippen molar-refractivity contribution >= 4 is 17.3 Å². The van der Waals surface area contributed by atoms with Crippen molar-refractivity contribution in [3.8, 4) is 0 Å². The van der Waals surface area contributed by atoms with Crippen LogP contribution >= 0.6 is 11.6 Å². The van der Waals surface area contributed by atoms with Crippen molar-refractivity contribution in [3.63, 3.8) is 0 Å². The first-order chi connectivity index (χ1) is 7.74. The second-order valence-corrected chi connectivity index (χ2v) is 4.10. The highest BCUT2D eigenvalue weighted by Gasteiger charge is 1.95. The second kappa shape index (κ2) is 4.99. The van der Waals surface area contributed by atoms with E-state index < -0.39 is 0 Å². The Balaban J connectivity index is 1.99. The van der Waals surface area contributed by atoms with Gasteiger partial charge in [-0.05, 0) is 36.8 Å². The molecule has 0 atom stereocenters. The maximum atomic E-state index is 5.82. The maximum absolute atomic E-state index is 5.82. The standard InChI is InChI=1S/C13H13ClN2/c1-10-8-13(6-7-15-10)16-9-11-2-4-12(14)5-3-11/h2-8H,9H2,1H3,(H,15,16). The zero-order chi connectivity index (χ0) is 11.4. The molecule has 0 aliphatic heterocycles. The van der Waals surface area contributed by atoms with Crippen LogP contribution in [0.4, 0.5) is 5.69 Å². The number of pyridine rings is 1. The molecule has 3 heteroatoms. The summed E-state index contributed by atoms with van der Waals surface area (Å²) in [5.74, 6) is 0. The van der Waals surface area contributed by atoms with Crippen molar-refractivity contribution in [2.24, 2.45) is 0 Å². The zero-order valence-corrected chi connectivity index (χ0v) is 9.83. The molecule has 0 saturated heterocycles. The number of benzene rings is 1. The molecule has 0 unspecified atom stereocenters. The van der Waals surface area contributed by atoms with Gasteiger partial charge >= 0.3 is 0 Å². The molecule has 0 fully saturated rings. The van der Waals surface area contributed by atoms with Crippen LogP contribution in [0.5, 0.6) is 0 Å². The van der Waals surface area contributed by atoms with E-state index in [0.717, 1.165) is 22.9 Å². The number of halogens is 1. The number of nitrogens with zero attached hydrogens (tertiary/aromatic N) is 1. The smallest absolute Gasteiger partial charge is 0.0406 e. The predicted molar refractivity (Wildman–Crippen MR) is 67.8 cm³/mol. The molecule has 0 aliphatic rings. The molecule has 2 nitrogen and oxygen atoms in total. The van der Waals surface area contributed by atoms with Gasteiger partial charge in [0.25, 0.3) is 0 Å². The van der Waals surface area contributed by atoms with Crippen molar-refractivity contribution < 1.29 is 0 Å². The first kappa shape index (κ1) is 11.0. The van der Waals surface area contributed by atoms with E-state index in [4.69, 9.17) is 11.6 Å². The van der Waals surface area contributed by atoms with Crippen LogP contribution in [0.2, 0.25) is 5.02 Å². The monoisotopic (exact) mass is 232 g/mol. The third kappa shape index (κ3) is 2.97. The molecule has 0 saturated carbocycles. The van der Waals surface area contributed by atoms with Crippen molar-refractivity contribution in [2.75, 3.05) is 5.32 Å². The number of anilines is 1. The van der Waals surface area contributed by atoms with E-state index in [2.05, 4.69) is 10.3 Å². The van der Waals surface area contributed by atoms with Crippen LogP contribution in [-0.4, -0.2) is 4.98 Å². The van der Waals surface area contributed by atoms with Crippen LogP contribution in [0.25, 0.3) is 0 Å². The molecular formula is C13H13ClN2. The average molecular weight is 233 g/mol. The van der Waals surface area contributed by atoms with Crippen molar-refractivity contribution in [2.45, 2.75) is 13.5 Å². The lowest BCUT2D eigenvalue weighted by Crippen LogP contribution is -1.99. The summed E-state index contributed by atoms with van der Waals surface area (Å²) < 4.78 is 0. The normalized spacial score (nSPS) is 10.1. The minimum absolute atomic E-state index is 0.767. The van der Waals surface area contributed by atoms with Crippen molar-refractivity contribution in [3.05, 3.63) is 58.9 Å². The molecule has 0 aliphatic carbocycles. The summed E-state index contributed by atoms with van der Waals surface area (Å²) in [6, 6.07) is 11.8. The fraction of sp³-hybridized carbons (Fsp3) is 0.154. The quantitative estimate of drug-likeness (QED) is 0.874. The third-order valence-electron chi connectivity index (χ3n) is 2.31. The van der Waals surface area contributed by atoms with Gasteiger partial charge in [0.15, 0.2) is 0 Å². The lowest BCUT2D eigenvalue weighted by molar-refractivity contribution is 1.13. The second-order valence-electron chi connectivity index (χ2n) is 3.67. The SMILES string of the molecule is Cc1cc(NCc2ccc(Cl)cc2)ccn1. The van der Waals surface area contributed by atoms with Crippen LogP contribution in [-0.2, 0) is 6.54 Å². The molecule has 0 radical (unpaired) electrons. The fourth-order valence-electron chi connectivity index (χ4n) is 1.46. The van der Waals surface area contributed by atoms with E-state index >= 15 is 0 Å². The van der Waals surface area contributed by atoms with E-state index in [1.165, 1.54) is 5.56 Å². The largest absolute Gasteiger partial charge is 0.381 e. The van der Waals surface area contributed by atoms with Gasteiger partial charge in [-0.15, -0.1) is 0 Å².